The van der Waals surface area contributed by atoms with Gasteiger partial charge >= 0.3 is 0 Å². The Morgan fingerprint density at radius 3 is 2.78 bits per heavy atom. The molecule has 0 spiro atoms. The molecule has 0 amide bonds. The van der Waals surface area contributed by atoms with Gasteiger partial charge in [0.2, 0.25) is 0 Å². The van der Waals surface area contributed by atoms with Crippen molar-refractivity contribution in [3.8, 4) is 5.75 Å². The Kier molecular flexibility index (Phi) is 9.94. The fourth-order valence-electron chi connectivity index (χ4n) is 2.85. The van der Waals surface area contributed by atoms with E-state index in [2.05, 4.69) is 20.5 Å². The van der Waals surface area contributed by atoms with E-state index in [0.29, 0.717) is 6.54 Å². The molecule has 0 bridgehead atoms. The molecular weight excluding hydrogens is 347 g/mol. The molecule has 0 radical (unpaired) electrons. The van der Waals surface area contributed by atoms with Crippen LogP contribution in [0.2, 0.25) is 0 Å². The molecule has 1 aliphatic heterocycles. The van der Waals surface area contributed by atoms with E-state index in [-0.39, 0.29) is 17.7 Å². The van der Waals surface area contributed by atoms with Crippen molar-refractivity contribution in [2.24, 2.45) is 4.99 Å². The topological polar surface area (TPSA) is 58.1 Å². The first-order chi connectivity index (χ1) is 13.2. The van der Waals surface area contributed by atoms with Crippen LogP contribution in [-0.2, 0) is 4.74 Å². The van der Waals surface area contributed by atoms with E-state index in [0.717, 1.165) is 64.7 Å². The lowest BCUT2D eigenvalue weighted by Gasteiger charge is -2.26. The number of unbranched alkanes of at least 4 members (excludes halogenated alkanes) is 1. The van der Waals surface area contributed by atoms with Gasteiger partial charge < -0.3 is 20.1 Å². The van der Waals surface area contributed by atoms with Crippen molar-refractivity contribution in [3.05, 3.63) is 30.1 Å². The highest BCUT2D eigenvalue weighted by Gasteiger charge is 2.10. The molecule has 2 rings (SSSR count). The lowest BCUT2D eigenvalue weighted by Crippen LogP contribution is -2.39. The SMILES string of the molecule is CCNC(=NCC(C)Oc1ccccc1F)NCCCCN1CCOCC1. The predicted octanol–water partition coefficient (Wildman–Crippen LogP) is 2.26. The summed E-state index contributed by atoms with van der Waals surface area (Å²) in [6.07, 6.45) is 2.03. The van der Waals surface area contributed by atoms with E-state index in [4.69, 9.17) is 9.47 Å². The zero-order valence-corrected chi connectivity index (χ0v) is 16.5. The van der Waals surface area contributed by atoms with Crippen molar-refractivity contribution in [1.82, 2.24) is 15.5 Å². The molecule has 1 aromatic carbocycles. The molecule has 1 aromatic rings. The summed E-state index contributed by atoms with van der Waals surface area (Å²) in [7, 11) is 0. The van der Waals surface area contributed by atoms with Crippen LogP contribution in [0.1, 0.15) is 26.7 Å². The first kappa shape index (κ1) is 21.4. The van der Waals surface area contributed by atoms with Gasteiger partial charge in [-0.3, -0.25) is 4.90 Å². The number of halogens is 1. The van der Waals surface area contributed by atoms with Crippen molar-refractivity contribution in [2.75, 3.05) is 52.5 Å². The van der Waals surface area contributed by atoms with Gasteiger partial charge in [0.05, 0.1) is 19.8 Å². The van der Waals surface area contributed by atoms with E-state index in [1.165, 1.54) is 6.07 Å². The minimum atomic E-state index is -0.348. The molecule has 1 heterocycles. The van der Waals surface area contributed by atoms with Crippen LogP contribution in [0.25, 0.3) is 0 Å². The number of rotatable bonds is 10. The number of hydrogen-bond donors (Lipinski definition) is 2. The van der Waals surface area contributed by atoms with Crippen molar-refractivity contribution in [3.63, 3.8) is 0 Å². The third-order valence-electron chi connectivity index (χ3n) is 4.31. The van der Waals surface area contributed by atoms with Crippen LogP contribution < -0.4 is 15.4 Å². The maximum absolute atomic E-state index is 13.6. The number of nitrogens with zero attached hydrogens (tertiary/aromatic N) is 2. The Labute approximate surface area is 162 Å². The van der Waals surface area contributed by atoms with Gasteiger partial charge in [-0.2, -0.15) is 0 Å². The number of morpholine rings is 1. The number of ether oxygens (including phenoxy) is 2. The molecule has 2 N–H and O–H groups in total. The van der Waals surface area contributed by atoms with Crippen molar-refractivity contribution < 1.29 is 13.9 Å². The highest BCUT2D eigenvalue weighted by atomic mass is 19.1. The maximum atomic E-state index is 13.6. The fraction of sp³-hybridized carbons (Fsp3) is 0.650. The summed E-state index contributed by atoms with van der Waals surface area (Å²) in [6, 6.07) is 6.44. The molecular formula is C20H33FN4O2. The van der Waals surface area contributed by atoms with Crippen LogP contribution in [-0.4, -0.2) is 69.4 Å². The predicted molar refractivity (Wildman–Crippen MR) is 107 cm³/mol. The molecule has 152 valence electrons. The molecule has 1 atom stereocenters. The highest BCUT2D eigenvalue weighted by Crippen LogP contribution is 2.16. The van der Waals surface area contributed by atoms with Gasteiger partial charge in [-0.25, -0.2) is 9.38 Å². The number of nitrogens with one attached hydrogen (secondary N) is 2. The number of hydrogen-bond acceptors (Lipinski definition) is 4. The Morgan fingerprint density at radius 1 is 1.26 bits per heavy atom. The van der Waals surface area contributed by atoms with Gasteiger partial charge in [0.15, 0.2) is 17.5 Å². The van der Waals surface area contributed by atoms with E-state index in [1.807, 2.05) is 13.8 Å². The van der Waals surface area contributed by atoms with Crippen LogP contribution in [0, 0.1) is 5.82 Å². The van der Waals surface area contributed by atoms with Crippen LogP contribution in [0.15, 0.2) is 29.3 Å². The van der Waals surface area contributed by atoms with Crippen LogP contribution in [0.4, 0.5) is 4.39 Å². The lowest BCUT2D eigenvalue weighted by atomic mass is 10.2. The van der Waals surface area contributed by atoms with Gasteiger partial charge in [0.1, 0.15) is 6.10 Å². The first-order valence-electron chi connectivity index (χ1n) is 9.92. The molecule has 1 fully saturated rings. The van der Waals surface area contributed by atoms with Crippen LogP contribution in [0.5, 0.6) is 5.75 Å². The van der Waals surface area contributed by atoms with Crippen molar-refractivity contribution in [1.29, 1.82) is 0 Å². The van der Waals surface area contributed by atoms with Gasteiger partial charge in [-0.1, -0.05) is 12.1 Å². The molecule has 7 heteroatoms. The Balaban J connectivity index is 1.67. The Hall–Kier alpha value is -1.86. The Morgan fingerprint density at radius 2 is 2.04 bits per heavy atom. The lowest BCUT2D eigenvalue weighted by molar-refractivity contribution is 0.0372. The normalized spacial score (nSPS) is 16.8. The van der Waals surface area contributed by atoms with E-state index in [1.54, 1.807) is 18.2 Å². The first-order valence-corrected chi connectivity index (χ1v) is 9.92. The largest absolute Gasteiger partial charge is 0.486 e. The number of guanidine groups is 1. The van der Waals surface area contributed by atoms with E-state index in [9.17, 15) is 4.39 Å². The van der Waals surface area contributed by atoms with Crippen molar-refractivity contribution >= 4 is 5.96 Å². The van der Waals surface area contributed by atoms with Crippen LogP contribution in [0.3, 0.4) is 0 Å². The smallest absolute Gasteiger partial charge is 0.191 e. The van der Waals surface area contributed by atoms with E-state index >= 15 is 0 Å². The summed E-state index contributed by atoms with van der Waals surface area (Å²) >= 11 is 0. The van der Waals surface area contributed by atoms with Gasteiger partial charge in [-0.05, 0) is 45.4 Å². The third kappa shape index (κ3) is 8.58. The summed E-state index contributed by atoms with van der Waals surface area (Å²) in [5.74, 6) is 0.688. The minimum Gasteiger partial charge on any atom is -0.486 e. The summed E-state index contributed by atoms with van der Waals surface area (Å²) in [5.41, 5.74) is 0. The average molecular weight is 381 g/mol. The molecule has 1 aliphatic rings. The Bertz CT molecular complexity index is 565. The molecule has 1 unspecified atom stereocenters. The maximum Gasteiger partial charge on any atom is 0.191 e. The standard InChI is InChI=1S/C20H33FN4O2/c1-3-22-20(23-10-6-7-11-25-12-14-26-15-13-25)24-16-17(2)27-19-9-5-4-8-18(19)21/h4-5,8-9,17H,3,6-7,10-16H2,1-2H3,(H2,22,23,24). The zero-order chi connectivity index (χ0) is 19.3. The summed E-state index contributed by atoms with van der Waals surface area (Å²) in [4.78, 5) is 7.00. The molecule has 0 aliphatic carbocycles. The molecule has 27 heavy (non-hydrogen) atoms. The average Bonchev–Trinajstić information content (AvgIpc) is 2.68. The monoisotopic (exact) mass is 380 g/mol. The van der Waals surface area contributed by atoms with Gasteiger partial charge in [0, 0.05) is 26.2 Å². The number of para-hydroxylation sites is 1. The number of aliphatic imine (C=N–C) groups is 1. The summed E-state index contributed by atoms with van der Waals surface area (Å²) in [5, 5.41) is 6.59. The molecule has 6 nitrogen and oxygen atoms in total. The summed E-state index contributed by atoms with van der Waals surface area (Å²) < 4.78 is 24.6. The van der Waals surface area contributed by atoms with Crippen molar-refractivity contribution in [2.45, 2.75) is 32.8 Å². The fourth-order valence-corrected chi connectivity index (χ4v) is 2.85. The minimum absolute atomic E-state index is 0.210. The molecule has 1 saturated heterocycles. The summed E-state index contributed by atoms with van der Waals surface area (Å²) in [6.45, 7) is 10.9. The second kappa shape index (κ2) is 12.5. The van der Waals surface area contributed by atoms with E-state index < -0.39 is 0 Å². The van der Waals surface area contributed by atoms with Gasteiger partial charge in [0.25, 0.3) is 0 Å². The number of benzene rings is 1. The molecule has 0 aromatic heterocycles. The second-order valence-corrected chi connectivity index (χ2v) is 6.67. The van der Waals surface area contributed by atoms with Gasteiger partial charge in [-0.15, -0.1) is 0 Å². The second-order valence-electron chi connectivity index (χ2n) is 6.67. The van der Waals surface area contributed by atoms with Crippen LogP contribution >= 0.6 is 0 Å². The third-order valence-corrected chi connectivity index (χ3v) is 4.31. The zero-order valence-electron chi connectivity index (χ0n) is 16.5. The molecule has 0 saturated carbocycles. The highest BCUT2D eigenvalue weighted by molar-refractivity contribution is 5.79. The quantitative estimate of drug-likeness (QED) is 0.370.